The predicted octanol–water partition coefficient (Wildman–Crippen LogP) is 2.00. The molecule has 3 N–H and O–H groups in total. The Morgan fingerprint density at radius 3 is 2.93 bits per heavy atom. The number of hydrogen-bond donors (Lipinski definition) is 2. The van der Waals surface area contributed by atoms with Crippen molar-refractivity contribution in [2.45, 2.75) is 0 Å². The molecule has 2 aromatic rings. The summed E-state index contributed by atoms with van der Waals surface area (Å²) in [7, 11) is 0. The summed E-state index contributed by atoms with van der Waals surface area (Å²) < 4.78 is 1.01. The Kier molecular flexibility index (Phi) is 2.39. The highest BCUT2D eigenvalue weighted by Gasteiger charge is 2.08. The van der Waals surface area contributed by atoms with Crippen LogP contribution in [0.15, 0.2) is 22.1 Å². The highest BCUT2D eigenvalue weighted by atomic mass is 79.9. The molecule has 0 saturated heterocycles. The number of primary amides is 1. The average Bonchev–Trinajstić information content (AvgIpc) is 2.70. The Balaban J connectivity index is 2.38. The molecular formula is C8H6BrN3OS. The Labute approximate surface area is 92.3 Å². The number of carbonyl (C=O) groups is 1. The number of amides is 1. The minimum atomic E-state index is -0.549. The zero-order valence-electron chi connectivity index (χ0n) is 6.95. The Bertz CT molecular complexity index is 476. The molecule has 0 aliphatic rings. The third-order valence-corrected chi connectivity index (χ3v) is 3.37. The highest BCUT2D eigenvalue weighted by molar-refractivity contribution is 9.10. The molecule has 0 aliphatic carbocycles. The van der Waals surface area contributed by atoms with Crippen LogP contribution in [0.2, 0.25) is 0 Å². The van der Waals surface area contributed by atoms with Gasteiger partial charge in [0.25, 0.3) is 5.91 Å². The first-order chi connectivity index (χ1) is 6.66. The van der Waals surface area contributed by atoms with Gasteiger partial charge in [0.1, 0.15) is 0 Å². The smallest absolute Gasteiger partial charge is 0.284 e. The van der Waals surface area contributed by atoms with Crippen molar-refractivity contribution in [3.05, 3.63) is 27.9 Å². The monoisotopic (exact) mass is 271 g/mol. The van der Waals surface area contributed by atoms with Gasteiger partial charge in [0.05, 0.1) is 16.8 Å². The standard InChI is InChI=1S/C8H6BrN3OS/c9-4-1-6(14-3-4)5-2-11-8(12-5)7(10)13/h1-3H,(H2,10,13)(H,11,12). The van der Waals surface area contributed by atoms with E-state index in [1.54, 1.807) is 17.5 Å². The third-order valence-electron chi connectivity index (χ3n) is 1.64. The number of carbonyl (C=O) groups excluding carboxylic acids is 1. The van der Waals surface area contributed by atoms with Crippen molar-refractivity contribution in [3.63, 3.8) is 0 Å². The second-order valence-electron chi connectivity index (χ2n) is 2.64. The first-order valence-electron chi connectivity index (χ1n) is 3.76. The fraction of sp³-hybridized carbons (Fsp3) is 0. The van der Waals surface area contributed by atoms with Crippen molar-refractivity contribution in [2.24, 2.45) is 5.73 Å². The zero-order chi connectivity index (χ0) is 10.1. The van der Waals surface area contributed by atoms with E-state index in [1.165, 1.54) is 0 Å². The maximum absolute atomic E-state index is 10.8. The van der Waals surface area contributed by atoms with E-state index in [9.17, 15) is 4.79 Å². The fourth-order valence-corrected chi connectivity index (χ4v) is 2.42. The molecule has 6 heteroatoms. The number of nitrogens with two attached hydrogens (primary N) is 1. The van der Waals surface area contributed by atoms with Crippen LogP contribution in [0.1, 0.15) is 10.6 Å². The van der Waals surface area contributed by atoms with Gasteiger partial charge >= 0.3 is 0 Å². The Morgan fingerprint density at radius 2 is 2.43 bits per heavy atom. The van der Waals surface area contributed by atoms with E-state index < -0.39 is 5.91 Å². The molecule has 0 bridgehead atoms. The third kappa shape index (κ3) is 1.71. The molecule has 2 rings (SSSR count). The van der Waals surface area contributed by atoms with E-state index >= 15 is 0 Å². The lowest BCUT2D eigenvalue weighted by Crippen LogP contribution is -2.12. The van der Waals surface area contributed by atoms with Gasteiger partial charge in [-0.2, -0.15) is 0 Å². The van der Waals surface area contributed by atoms with E-state index in [0.29, 0.717) is 0 Å². The summed E-state index contributed by atoms with van der Waals surface area (Å²) in [5.74, 6) is -0.364. The molecule has 72 valence electrons. The molecule has 0 radical (unpaired) electrons. The Morgan fingerprint density at radius 1 is 1.64 bits per heavy atom. The second kappa shape index (κ2) is 3.55. The van der Waals surface area contributed by atoms with Gasteiger partial charge in [-0.25, -0.2) is 4.98 Å². The van der Waals surface area contributed by atoms with Crippen molar-refractivity contribution >= 4 is 33.2 Å². The molecule has 1 amide bonds. The number of rotatable bonds is 2. The van der Waals surface area contributed by atoms with Crippen LogP contribution in [0, 0.1) is 0 Å². The molecule has 2 aromatic heterocycles. The number of imidazole rings is 1. The SMILES string of the molecule is NC(=O)c1ncc(-c2cc(Br)cs2)[nH]1. The van der Waals surface area contributed by atoms with Gasteiger partial charge in [0, 0.05) is 9.85 Å². The lowest BCUT2D eigenvalue weighted by atomic mass is 10.4. The topological polar surface area (TPSA) is 71.8 Å². The summed E-state index contributed by atoms with van der Waals surface area (Å²) >= 11 is 4.91. The van der Waals surface area contributed by atoms with Crippen LogP contribution in [0.25, 0.3) is 10.6 Å². The lowest BCUT2D eigenvalue weighted by molar-refractivity contribution is 0.0991. The number of thiophene rings is 1. The summed E-state index contributed by atoms with van der Waals surface area (Å²) in [6, 6.07) is 1.95. The van der Waals surface area contributed by atoms with Crippen molar-refractivity contribution in [2.75, 3.05) is 0 Å². The molecular weight excluding hydrogens is 266 g/mol. The van der Waals surface area contributed by atoms with E-state index in [1.807, 2.05) is 11.4 Å². The quantitative estimate of drug-likeness (QED) is 0.877. The first-order valence-corrected chi connectivity index (χ1v) is 5.43. The van der Waals surface area contributed by atoms with E-state index in [0.717, 1.165) is 15.0 Å². The molecule has 0 fully saturated rings. The van der Waals surface area contributed by atoms with E-state index in [4.69, 9.17) is 5.73 Å². The molecule has 0 unspecified atom stereocenters. The summed E-state index contributed by atoms with van der Waals surface area (Å²) in [4.78, 5) is 18.5. The fourth-order valence-electron chi connectivity index (χ4n) is 1.03. The van der Waals surface area contributed by atoms with Gasteiger partial charge in [-0.15, -0.1) is 11.3 Å². The van der Waals surface area contributed by atoms with Crippen LogP contribution >= 0.6 is 27.3 Å². The highest BCUT2D eigenvalue weighted by Crippen LogP contribution is 2.28. The number of nitrogens with one attached hydrogen (secondary N) is 1. The van der Waals surface area contributed by atoms with Gasteiger partial charge in [-0.1, -0.05) is 0 Å². The van der Waals surface area contributed by atoms with Crippen LogP contribution in [0.3, 0.4) is 0 Å². The summed E-state index contributed by atoms with van der Waals surface area (Å²) in [5, 5.41) is 1.96. The van der Waals surface area contributed by atoms with Gasteiger partial charge in [-0.05, 0) is 22.0 Å². The molecule has 0 saturated carbocycles. The van der Waals surface area contributed by atoms with Gasteiger partial charge in [0.15, 0.2) is 5.82 Å². The maximum Gasteiger partial charge on any atom is 0.284 e. The Hall–Kier alpha value is -1.14. The lowest BCUT2D eigenvalue weighted by Gasteiger charge is -1.88. The maximum atomic E-state index is 10.8. The molecule has 4 nitrogen and oxygen atoms in total. The summed E-state index contributed by atoms with van der Waals surface area (Å²) in [6.07, 6.45) is 1.60. The van der Waals surface area contributed by atoms with Gasteiger partial charge < -0.3 is 10.7 Å². The van der Waals surface area contributed by atoms with Crippen LogP contribution < -0.4 is 5.73 Å². The molecule has 0 atom stereocenters. The van der Waals surface area contributed by atoms with Crippen molar-refractivity contribution in [1.82, 2.24) is 9.97 Å². The zero-order valence-corrected chi connectivity index (χ0v) is 9.35. The molecule has 0 spiro atoms. The predicted molar refractivity (Wildman–Crippen MR) is 58.1 cm³/mol. The largest absolute Gasteiger partial charge is 0.363 e. The minimum Gasteiger partial charge on any atom is -0.363 e. The van der Waals surface area contributed by atoms with Gasteiger partial charge in [0.2, 0.25) is 0 Å². The number of H-pyrrole nitrogens is 1. The number of aromatic nitrogens is 2. The first kappa shape index (κ1) is 9.42. The normalized spacial score (nSPS) is 10.4. The summed E-state index contributed by atoms with van der Waals surface area (Å²) in [6.45, 7) is 0. The number of aromatic amines is 1. The average molecular weight is 272 g/mol. The van der Waals surface area contributed by atoms with Crippen molar-refractivity contribution in [3.8, 4) is 10.6 Å². The molecule has 14 heavy (non-hydrogen) atoms. The molecule has 0 aromatic carbocycles. The number of hydrogen-bond acceptors (Lipinski definition) is 3. The minimum absolute atomic E-state index is 0.185. The van der Waals surface area contributed by atoms with Crippen LogP contribution in [0.4, 0.5) is 0 Å². The number of nitrogens with zero attached hydrogens (tertiary/aromatic N) is 1. The van der Waals surface area contributed by atoms with Crippen LogP contribution in [-0.4, -0.2) is 15.9 Å². The number of halogens is 1. The van der Waals surface area contributed by atoms with E-state index in [-0.39, 0.29) is 5.82 Å². The van der Waals surface area contributed by atoms with Crippen LogP contribution in [-0.2, 0) is 0 Å². The van der Waals surface area contributed by atoms with Crippen molar-refractivity contribution < 1.29 is 4.79 Å². The molecule has 0 aliphatic heterocycles. The van der Waals surface area contributed by atoms with Crippen LogP contribution in [0.5, 0.6) is 0 Å². The second-order valence-corrected chi connectivity index (χ2v) is 4.47. The van der Waals surface area contributed by atoms with Crippen molar-refractivity contribution in [1.29, 1.82) is 0 Å². The summed E-state index contributed by atoms with van der Waals surface area (Å²) in [5.41, 5.74) is 5.87. The van der Waals surface area contributed by atoms with Gasteiger partial charge in [-0.3, -0.25) is 4.79 Å². The van der Waals surface area contributed by atoms with E-state index in [2.05, 4.69) is 25.9 Å². The molecule has 2 heterocycles.